The van der Waals surface area contributed by atoms with Gasteiger partial charge in [0.2, 0.25) is 5.91 Å². The third kappa shape index (κ3) is 2.06. The zero-order chi connectivity index (χ0) is 12.0. The molecule has 0 aliphatic heterocycles. The molecule has 2 saturated carbocycles. The summed E-state index contributed by atoms with van der Waals surface area (Å²) in [4.78, 5) is 12.1. The maximum Gasteiger partial charge on any atom is 0.229 e. The first-order valence-electron chi connectivity index (χ1n) is 6.06. The third-order valence-corrected chi connectivity index (χ3v) is 5.29. The predicted molar refractivity (Wildman–Crippen MR) is 66.7 cm³/mol. The zero-order valence-electron chi connectivity index (χ0n) is 9.85. The molecule has 0 aromatic carbocycles. The van der Waals surface area contributed by atoms with E-state index < -0.39 is 9.75 Å². The molecule has 0 radical (unpaired) electrons. The quantitative estimate of drug-likeness (QED) is 0.762. The van der Waals surface area contributed by atoms with Gasteiger partial charge in [0.05, 0.1) is 5.41 Å². The highest BCUT2D eigenvalue weighted by atomic mass is 35.5. The molecule has 0 saturated heterocycles. The lowest BCUT2D eigenvalue weighted by Gasteiger charge is -2.30. The maximum absolute atomic E-state index is 12.1. The number of hydrogen-bond donors (Lipinski definition) is 1. The molecule has 2 aliphatic rings. The highest BCUT2D eigenvalue weighted by Crippen LogP contribution is 2.63. The Morgan fingerprint density at radius 1 is 1.31 bits per heavy atom. The van der Waals surface area contributed by atoms with E-state index >= 15 is 0 Å². The van der Waals surface area contributed by atoms with Gasteiger partial charge >= 0.3 is 0 Å². The minimum atomic E-state index is -0.852. The number of alkyl halides is 2. The fourth-order valence-electron chi connectivity index (χ4n) is 2.50. The van der Waals surface area contributed by atoms with Crippen LogP contribution in [0.25, 0.3) is 0 Å². The Balaban J connectivity index is 1.93. The van der Waals surface area contributed by atoms with Crippen LogP contribution in [0.2, 0.25) is 0 Å². The van der Waals surface area contributed by atoms with Gasteiger partial charge in [-0.3, -0.25) is 4.79 Å². The Morgan fingerprint density at radius 3 is 2.38 bits per heavy atom. The first kappa shape index (κ1) is 12.5. The van der Waals surface area contributed by atoms with Gasteiger partial charge in [-0.25, -0.2) is 0 Å². The summed E-state index contributed by atoms with van der Waals surface area (Å²) in [5.74, 6) is 0.594. The van der Waals surface area contributed by atoms with Crippen molar-refractivity contribution in [2.75, 3.05) is 0 Å². The van der Waals surface area contributed by atoms with E-state index in [-0.39, 0.29) is 5.91 Å². The van der Waals surface area contributed by atoms with Crippen LogP contribution in [0.5, 0.6) is 0 Å². The van der Waals surface area contributed by atoms with Crippen LogP contribution in [-0.2, 0) is 4.79 Å². The topological polar surface area (TPSA) is 29.1 Å². The Morgan fingerprint density at radius 2 is 1.88 bits per heavy atom. The van der Waals surface area contributed by atoms with Crippen molar-refractivity contribution in [3.8, 4) is 0 Å². The lowest BCUT2D eigenvalue weighted by atomic mass is 9.85. The molecule has 2 nitrogen and oxygen atoms in total. The van der Waals surface area contributed by atoms with Gasteiger partial charge in [0, 0.05) is 6.04 Å². The molecule has 3 atom stereocenters. The Hall–Kier alpha value is 0.0500. The summed E-state index contributed by atoms with van der Waals surface area (Å²) < 4.78 is -0.852. The van der Waals surface area contributed by atoms with Gasteiger partial charge < -0.3 is 5.32 Å². The van der Waals surface area contributed by atoms with Crippen LogP contribution in [0.15, 0.2) is 0 Å². The lowest BCUT2D eigenvalue weighted by Crippen LogP contribution is -2.45. The summed E-state index contributed by atoms with van der Waals surface area (Å²) in [6, 6.07) is 0.308. The number of nitrogens with one attached hydrogen (secondary N) is 1. The molecule has 0 aromatic rings. The largest absolute Gasteiger partial charge is 0.353 e. The molecule has 2 rings (SSSR count). The second kappa shape index (κ2) is 4.06. The fraction of sp³-hybridized carbons (Fsp3) is 0.917. The number of halogens is 2. The van der Waals surface area contributed by atoms with E-state index in [4.69, 9.17) is 23.2 Å². The number of amides is 1. The molecule has 0 heterocycles. The highest BCUT2D eigenvalue weighted by molar-refractivity contribution is 6.53. The second-order valence-corrected chi connectivity index (χ2v) is 7.04. The number of carbonyl (C=O) groups excluding carboxylic acids is 1. The summed E-state index contributed by atoms with van der Waals surface area (Å²) in [7, 11) is 0. The Kier molecular flexibility index (Phi) is 3.17. The first-order chi connectivity index (χ1) is 7.37. The van der Waals surface area contributed by atoms with Crippen LogP contribution in [0, 0.1) is 11.3 Å². The minimum absolute atomic E-state index is 0.0243. The lowest BCUT2D eigenvalue weighted by molar-refractivity contribution is -0.127. The fourth-order valence-corrected chi connectivity index (χ4v) is 3.21. The molecule has 0 bridgehead atoms. The molecule has 1 N–H and O–H groups in total. The van der Waals surface area contributed by atoms with E-state index in [1.165, 1.54) is 19.3 Å². The number of hydrogen-bond acceptors (Lipinski definition) is 1. The summed E-state index contributed by atoms with van der Waals surface area (Å²) >= 11 is 12.0. The number of rotatable bonds is 2. The SMILES string of the molecule is CC1CCCCC1NC(=O)C1(C)CC1(Cl)Cl. The summed E-state index contributed by atoms with van der Waals surface area (Å²) in [6.07, 6.45) is 5.34. The first-order valence-corrected chi connectivity index (χ1v) is 6.81. The Bertz CT molecular complexity index is 305. The van der Waals surface area contributed by atoms with Crippen LogP contribution in [0.1, 0.15) is 46.0 Å². The molecule has 16 heavy (non-hydrogen) atoms. The van der Waals surface area contributed by atoms with E-state index in [1.807, 2.05) is 6.92 Å². The third-order valence-electron chi connectivity index (χ3n) is 4.19. The molecule has 1 amide bonds. The molecular formula is C12H19Cl2NO. The van der Waals surface area contributed by atoms with Gasteiger partial charge in [0.25, 0.3) is 0 Å². The molecule has 4 heteroatoms. The van der Waals surface area contributed by atoms with Gasteiger partial charge in [-0.2, -0.15) is 0 Å². The van der Waals surface area contributed by atoms with E-state index in [0.717, 1.165) is 6.42 Å². The molecule has 3 unspecified atom stereocenters. The second-order valence-electron chi connectivity index (χ2n) is 5.56. The average Bonchev–Trinajstić information content (AvgIpc) is 2.71. The van der Waals surface area contributed by atoms with Crippen molar-refractivity contribution < 1.29 is 4.79 Å². The van der Waals surface area contributed by atoms with Crippen LogP contribution < -0.4 is 5.32 Å². The van der Waals surface area contributed by atoms with Crippen molar-refractivity contribution >= 4 is 29.1 Å². The van der Waals surface area contributed by atoms with Crippen LogP contribution >= 0.6 is 23.2 Å². The summed E-state index contributed by atoms with van der Waals surface area (Å²) in [6.45, 7) is 4.05. The monoisotopic (exact) mass is 263 g/mol. The van der Waals surface area contributed by atoms with Crippen molar-refractivity contribution in [1.82, 2.24) is 5.32 Å². The highest BCUT2D eigenvalue weighted by Gasteiger charge is 2.68. The summed E-state index contributed by atoms with van der Waals surface area (Å²) in [5, 5.41) is 3.12. The predicted octanol–water partition coefficient (Wildman–Crippen LogP) is 3.27. The molecule has 0 spiro atoms. The maximum atomic E-state index is 12.1. The van der Waals surface area contributed by atoms with Crippen molar-refractivity contribution in [3.63, 3.8) is 0 Å². The number of carbonyl (C=O) groups is 1. The van der Waals surface area contributed by atoms with Gasteiger partial charge in [0.15, 0.2) is 0 Å². The van der Waals surface area contributed by atoms with Crippen LogP contribution in [0.3, 0.4) is 0 Å². The van der Waals surface area contributed by atoms with Gasteiger partial charge in [-0.05, 0) is 32.1 Å². The molecular weight excluding hydrogens is 245 g/mol. The average molecular weight is 264 g/mol. The normalized spacial score (nSPS) is 41.5. The molecule has 2 fully saturated rings. The van der Waals surface area contributed by atoms with Crippen molar-refractivity contribution in [3.05, 3.63) is 0 Å². The Labute approximate surface area is 107 Å². The van der Waals surface area contributed by atoms with Gasteiger partial charge in [0.1, 0.15) is 4.33 Å². The van der Waals surface area contributed by atoms with E-state index in [0.29, 0.717) is 18.4 Å². The smallest absolute Gasteiger partial charge is 0.229 e. The minimum Gasteiger partial charge on any atom is -0.353 e. The van der Waals surface area contributed by atoms with Crippen LogP contribution in [-0.4, -0.2) is 16.3 Å². The summed E-state index contributed by atoms with van der Waals surface area (Å²) in [5.41, 5.74) is -0.576. The van der Waals surface area contributed by atoms with Crippen molar-refractivity contribution in [2.45, 2.75) is 56.3 Å². The van der Waals surface area contributed by atoms with Gasteiger partial charge in [-0.1, -0.05) is 19.8 Å². The van der Waals surface area contributed by atoms with Crippen molar-refractivity contribution in [2.24, 2.45) is 11.3 Å². The van der Waals surface area contributed by atoms with Gasteiger partial charge in [-0.15, -0.1) is 23.2 Å². The van der Waals surface area contributed by atoms with Crippen LogP contribution in [0.4, 0.5) is 0 Å². The van der Waals surface area contributed by atoms with E-state index in [2.05, 4.69) is 12.2 Å². The standard InChI is InChI=1S/C12H19Cl2NO/c1-8-5-3-4-6-9(8)15-10(16)11(2)7-12(11,13)14/h8-9H,3-7H2,1-2H3,(H,15,16). The molecule has 92 valence electrons. The van der Waals surface area contributed by atoms with E-state index in [9.17, 15) is 4.79 Å². The van der Waals surface area contributed by atoms with E-state index in [1.54, 1.807) is 0 Å². The zero-order valence-corrected chi connectivity index (χ0v) is 11.4. The molecule has 2 aliphatic carbocycles. The molecule has 0 aromatic heterocycles. The van der Waals surface area contributed by atoms with Crippen molar-refractivity contribution in [1.29, 1.82) is 0 Å².